The van der Waals surface area contributed by atoms with E-state index in [1.165, 1.54) is 0 Å². The molecule has 0 fully saturated rings. The SMILES string of the molecule is CC(=O)N(S)[C@@H](CO)C(=O)N[C@@H](CO)C(=O)O. The number of aliphatic carboxylic acids is 1. The van der Waals surface area contributed by atoms with E-state index >= 15 is 0 Å². The smallest absolute Gasteiger partial charge is 0.328 e. The van der Waals surface area contributed by atoms with Gasteiger partial charge in [-0.2, -0.15) is 0 Å². The highest BCUT2D eigenvalue weighted by molar-refractivity contribution is 7.78. The number of hydrogen-bond acceptors (Lipinski definition) is 6. The third kappa shape index (κ3) is 4.59. The molecule has 0 aromatic rings. The van der Waals surface area contributed by atoms with Gasteiger partial charge in [-0.05, 0) is 0 Å². The molecule has 0 bridgehead atoms. The highest BCUT2D eigenvalue weighted by atomic mass is 32.1. The third-order valence-corrected chi connectivity index (χ3v) is 2.45. The Morgan fingerprint density at radius 3 is 2.12 bits per heavy atom. The summed E-state index contributed by atoms with van der Waals surface area (Å²) < 4.78 is 0.672. The molecule has 98 valence electrons. The van der Waals surface area contributed by atoms with Crippen LogP contribution in [0.5, 0.6) is 0 Å². The summed E-state index contributed by atoms with van der Waals surface area (Å²) in [6.07, 6.45) is 0. The number of carbonyl (C=O) groups is 3. The quantitative estimate of drug-likeness (QED) is 0.341. The van der Waals surface area contributed by atoms with E-state index in [-0.39, 0.29) is 0 Å². The van der Waals surface area contributed by atoms with E-state index in [2.05, 4.69) is 12.8 Å². The van der Waals surface area contributed by atoms with E-state index < -0.39 is 43.1 Å². The molecule has 0 saturated carbocycles. The van der Waals surface area contributed by atoms with Gasteiger partial charge in [0.05, 0.1) is 13.2 Å². The first-order valence-corrected chi connectivity index (χ1v) is 4.98. The van der Waals surface area contributed by atoms with Gasteiger partial charge in [0.1, 0.15) is 12.1 Å². The first kappa shape index (κ1) is 15.7. The van der Waals surface area contributed by atoms with E-state index in [9.17, 15) is 14.4 Å². The van der Waals surface area contributed by atoms with E-state index in [4.69, 9.17) is 15.3 Å². The van der Waals surface area contributed by atoms with Crippen molar-refractivity contribution in [1.82, 2.24) is 9.62 Å². The van der Waals surface area contributed by atoms with Crippen molar-refractivity contribution in [1.29, 1.82) is 0 Å². The van der Waals surface area contributed by atoms with Crippen LogP contribution in [0.25, 0.3) is 0 Å². The lowest BCUT2D eigenvalue weighted by molar-refractivity contribution is -0.144. The molecule has 0 aliphatic rings. The molecule has 8 nitrogen and oxygen atoms in total. The Morgan fingerprint density at radius 2 is 1.82 bits per heavy atom. The molecule has 2 amide bonds. The number of carboxylic acid groups (broad SMARTS) is 1. The van der Waals surface area contributed by atoms with Crippen molar-refractivity contribution in [3.63, 3.8) is 0 Å². The fourth-order valence-electron chi connectivity index (χ4n) is 0.944. The largest absolute Gasteiger partial charge is 0.480 e. The van der Waals surface area contributed by atoms with Crippen molar-refractivity contribution in [2.45, 2.75) is 19.0 Å². The van der Waals surface area contributed by atoms with Gasteiger partial charge in [0.2, 0.25) is 11.8 Å². The van der Waals surface area contributed by atoms with Crippen LogP contribution < -0.4 is 5.32 Å². The molecule has 0 saturated heterocycles. The molecule has 0 aromatic carbocycles. The zero-order valence-electron chi connectivity index (χ0n) is 9.03. The summed E-state index contributed by atoms with van der Waals surface area (Å²) in [7, 11) is 0. The normalized spacial score (nSPS) is 13.6. The zero-order valence-corrected chi connectivity index (χ0v) is 9.92. The lowest BCUT2D eigenvalue weighted by Crippen LogP contribution is -2.52. The van der Waals surface area contributed by atoms with Crippen molar-refractivity contribution in [3.8, 4) is 0 Å². The van der Waals surface area contributed by atoms with E-state index in [0.717, 1.165) is 6.92 Å². The summed E-state index contributed by atoms with van der Waals surface area (Å²) in [4.78, 5) is 33.0. The van der Waals surface area contributed by atoms with Gasteiger partial charge in [-0.1, -0.05) is 12.8 Å². The lowest BCUT2D eigenvalue weighted by Gasteiger charge is -2.24. The molecule has 2 atom stereocenters. The molecule has 9 heteroatoms. The minimum atomic E-state index is -1.50. The maximum absolute atomic E-state index is 11.5. The van der Waals surface area contributed by atoms with Crippen LogP contribution >= 0.6 is 12.8 Å². The lowest BCUT2D eigenvalue weighted by atomic mass is 10.2. The molecule has 0 aromatic heterocycles. The third-order valence-electron chi connectivity index (χ3n) is 1.89. The topological polar surface area (TPSA) is 127 Å². The molecular formula is C8H14N2O6S. The first-order valence-electron chi connectivity index (χ1n) is 4.58. The number of amides is 2. The number of aliphatic hydroxyl groups excluding tert-OH is 2. The second kappa shape index (κ2) is 7.09. The van der Waals surface area contributed by atoms with Gasteiger partial charge in [-0.15, -0.1) is 0 Å². The van der Waals surface area contributed by atoms with Crippen molar-refractivity contribution >= 4 is 30.6 Å². The fourth-order valence-corrected chi connectivity index (χ4v) is 1.12. The first-order chi connectivity index (χ1) is 7.84. The second-order valence-electron chi connectivity index (χ2n) is 3.14. The maximum atomic E-state index is 11.5. The van der Waals surface area contributed by atoms with Crippen molar-refractivity contribution in [3.05, 3.63) is 0 Å². The summed E-state index contributed by atoms with van der Waals surface area (Å²) in [5, 5.41) is 28.2. The van der Waals surface area contributed by atoms with Gasteiger partial charge in [0.15, 0.2) is 0 Å². The number of thiol groups is 1. The Labute approximate surface area is 103 Å². The van der Waals surface area contributed by atoms with Gasteiger partial charge in [-0.3, -0.25) is 13.9 Å². The van der Waals surface area contributed by atoms with Crippen LogP contribution in [-0.4, -0.2) is 62.7 Å². The van der Waals surface area contributed by atoms with Gasteiger partial charge in [-0.25, -0.2) is 4.79 Å². The maximum Gasteiger partial charge on any atom is 0.328 e. The number of rotatable bonds is 6. The van der Waals surface area contributed by atoms with Crippen LogP contribution in [0.2, 0.25) is 0 Å². The minimum Gasteiger partial charge on any atom is -0.480 e. The van der Waals surface area contributed by atoms with E-state index in [1.54, 1.807) is 0 Å². The van der Waals surface area contributed by atoms with Gasteiger partial charge in [0.25, 0.3) is 0 Å². The molecule has 0 rings (SSSR count). The van der Waals surface area contributed by atoms with E-state index in [1.807, 2.05) is 5.32 Å². The molecule has 4 N–H and O–H groups in total. The standard InChI is InChI=1S/C8H14N2O6S/c1-4(13)10(17)6(3-12)7(14)9-5(2-11)8(15)16/h5-6,11-12,17H,2-3H2,1H3,(H,9,14)(H,15,16)/t5-,6-/m0/s1. The molecule has 0 radical (unpaired) electrons. The van der Waals surface area contributed by atoms with Crippen molar-refractivity contribution in [2.24, 2.45) is 0 Å². The Bertz CT molecular complexity index is 310. The predicted molar refractivity (Wildman–Crippen MR) is 59.0 cm³/mol. The van der Waals surface area contributed by atoms with Crippen LogP contribution in [-0.2, 0) is 14.4 Å². The average Bonchev–Trinajstić information content (AvgIpc) is 2.25. The minimum absolute atomic E-state index is 0.585. The number of carboxylic acids is 1. The number of nitrogens with one attached hydrogen (secondary N) is 1. The highest BCUT2D eigenvalue weighted by Crippen LogP contribution is 2.04. The van der Waals surface area contributed by atoms with Crippen LogP contribution in [0.3, 0.4) is 0 Å². The summed E-state index contributed by atoms with van der Waals surface area (Å²) in [5.74, 6) is -2.93. The number of aliphatic hydroxyl groups is 2. The summed E-state index contributed by atoms with van der Waals surface area (Å²) >= 11 is 3.70. The predicted octanol–water partition coefficient (Wildman–Crippen LogP) is -2.40. The molecule has 0 heterocycles. The Morgan fingerprint density at radius 1 is 1.29 bits per heavy atom. The molecule has 17 heavy (non-hydrogen) atoms. The number of carbonyl (C=O) groups excluding carboxylic acids is 2. The number of hydrogen-bond donors (Lipinski definition) is 5. The summed E-state index contributed by atoms with van der Waals surface area (Å²) in [5.41, 5.74) is 0. The molecule has 0 spiro atoms. The molecule has 0 aliphatic heterocycles. The number of nitrogens with zero attached hydrogens (tertiary/aromatic N) is 1. The molecule has 0 aliphatic carbocycles. The van der Waals surface area contributed by atoms with Crippen molar-refractivity contribution in [2.75, 3.05) is 13.2 Å². The van der Waals surface area contributed by atoms with Crippen molar-refractivity contribution < 1.29 is 29.7 Å². The summed E-state index contributed by atoms with van der Waals surface area (Å²) in [6.45, 7) is -0.387. The van der Waals surface area contributed by atoms with Crippen LogP contribution in [0.1, 0.15) is 6.92 Å². The van der Waals surface area contributed by atoms with Gasteiger partial charge < -0.3 is 20.6 Å². The second-order valence-corrected chi connectivity index (χ2v) is 3.57. The average molecular weight is 266 g/mol. The fraction of sp³-hybridized carbons (Fsp3) is 0.625. The Hall–Kier alpha value is -1.32. The highest BCUT2D eigenvalue weighted by Gasteiger charge is 2.28. The van der Waals surface area contributed by atoms with Crippen LogP contribution in [0, 0.1) is 0 Å². The zero-order chi connectivity index (χ0) is 13.6. The van der Waals surface area contributed by atoms with E-state index in [0.29, 0.717) is 4.31 Å². The monoisotopic (exact) mass is 266 g/mol. The Kier molecular flexibility index (Phi) is 6.54. The molecule has 0 unspecified atom stereocenters. The van der Waals surface area contributed by atoms with Gasteiger partial charge >= 0.3 is 5.97 Å². The van der Waals surface area contributed by atoms with Crippen LogP contribution in [0.15, 0.2) is 0 Å². The van der Waals surface area contributed by atoms with Crippen LogP contribution in [0.4, 0.5) is 0 Å². The Balaban J connectivity index is 4.65. The summed E-state index contributed by atoms with van der Waals surface area (Å²) in [6, 6.07) is -2.81. The van der Waals surface area contributed by atoms with Gasteiger partial charge in [0, 0.05) is 6.92 Å². The molecular weight excluding hydrogens is 252 g/mol.